The van der Waals surface area contributed by atoms with Crippen LogP contribution in [0.3, 0.4) is 0 Å². The summed E-state index contributed by atoms with van der Waals surface area (Å²) in [6.07, 6.45) is 0.797. The average molecular weight is 291 g/mol. The number of nitrogens with one attached hydrogen (secondary N) is 1. The van der Waals surface area contributed by atoms with Crippen LogP contribution in [-0.4, -0.2) is 24.4 Å². The fourth-order valence-electron chi connectivity index (χ4n) is 1.90. The molecule has 1 atom stereocenters. The Labute approximate surface area is 116 Å². The molecule has 3 nitrogen and oxygen atoms in total. The molecule has 0 bridgehead atoms. The van der Waals surface area contributed by atoms with Crippen LogP contribution >= 0.6 is 0 Å². The summed E-state index contributed by atoms with van der Waals surface area (Å²) < 4.78 is 41.5. The lowest BCUT2D eigenvalue weighted by Crippen LogP contribution is -2.33. The number of rotatable bonds is 8. The van der Waals surface area contributed by atoms with Crippen LogP contribution in [0.5, 0.6) is 5.75 Å². The lowest BCUT2D eigenvalue weighted by molar-refractivity contribution is -0.0522. The highest BCUT2D eigenvalue weighted by Gasteiger charge is 2.12. The van der Waals surface area contributed by atoms with Crippen LogP contribution in [0.2, 0.25) is 0 Å². The maximum Gasteiger partial charge on any atom is 0.387 e. The first-order valence-electron chi connectivity index (χ1n) is 6.49. The molecule has 1 aromatic rings. The Balaban J connectivity index is 2.58. The van der Waals surface area contributed by atoms with Crippen molar-refractivity contribution in [3.05, 3.63) is 29.6 Å². The van der Waals surface area contributed by atoms with Crippen LogP contribution in [0.25, 0.3) is 0 Å². The quantitative estimate of drug-likeness (QED) is 0.774. The van der Waals surface area contributed by atoms with E-state index in [1.165, 1.54) is 12.1 Å². The van der Waals surface area contributed by atoms with Gasteiger partial charge in [-0.15, -0.1) is 0 Å². The van der Waals surface area contributed by atoms with Crippen molar-refractivity contribution in [1.82, 2.24) is 5.32 Å². The maximum absolute atomic E-state index is 13.5. The third-order valence-electron chi connectivity index (χ3n) is 2.78. The molecule has 1 rings (SSSR count). The van der Waals surface area contributed by atoms with Crippen molar-refractivity contribution in [2.24, 2.45) is 5.92 Å². The summed E-state index contributed by atoms with van der Waals surface area (Å²) in [6, 6.07) is 3.76. The Morgan fingerprint density at radius 1 is 1.30 bits per heavy atom. The molecule has 0 fully saturated rings. The first-order valence-corrected chi connectivity index (χ1v) is 6.49. The Hall–Kier alpha value is -1.27. The van der Waals surface area contributed by atoms with Crippen LogP contribution in [0.1, 0.15) is 25.8 Å². The zero-order valence-corrected chi connectivity index (χ0v) is 11.6. The number of alkyl halides is 2. The molecule has 1 unspecified atom stereocenters. The van der Waals surface area contributed by atoms with Gasteiger partial charge in [-0.05, 0) is 30.0 Å². The second-order valence-electron chi connectivity index (χ2n) is 5.03. The molecule has 6 heteroatoms. The standard InChI is InChI=1S/C14H20F3NO2/c1-9(2)5-11(8-19)18-7-10-3-4-13(12(15)6-10)20-14(16)17/h3-4,6,9,11,14,18-19H,5,7-8H2,1-2H3. The summed E-state index contributed by atoms with van der Waals surface area (Å²) in [7, 11) is 0. The molecule has 0 radical (unpaired) electrons. The van der Waals surface area contributed by atoms with E-state index in [2.05, 4.69) is 10.1 Å². The van der Waals surface area contributed by atoms with Gasteiger partial charge in [0.05, 0.1) is 6.61 Å². The summed E-state index contributed by atoms with van der Waals surface area (Å²) in [5.41, 5.74) is 0.603. The van der Waals surface area contributed by atoms with Gasteiger partial charge in [-0.2, -0.15) is 8.78 Å². The number of benzene rings is 1. The predicted octanol–water partition coefficient (Wildman–Crippen LogP) is 2.92. The predicted molar refractivity (Wildman–Crippen MR) is 70.2 cm³/mol. The van der Waals surface area contributed by atoms with Crippen molar-refractivity contribution in [3.63, 3.8) is 0 Å². The maximum atomic E-state index is 13.5. The number of halogens is 3. The van der Waals surface area contributed by atoms with Gasteiger partial charge < -0.3 is 15.2 Å². The van der Waals surface area contributed by atoms with Crippen LogP contribution < -0.4 is 10.1 Å². The van der Waals surface area contributed by atoms with Crippen molar-refractivity contribution in [2.45, 2.75) is 39.5 Å². The van der Waals surface area contributed by atoms with E-state index >= 15 is 0 Å². The van der Waals surface area contributed by atoms with Crippen molar-refractivity contribution in [3.8, 4) is 5.75 Å². The van der Waals surface area contributed by atoms with Crippen LogP contribution in [0, 0.1) is 11.7 Å². The molecule has 0 spiro atoms. The molecule has 0 aliphatic carbocycles. The third-order valence-corrected chi connectivity index (χ3v) is 2.78. The minimum atomic E-state index is -3.04. The lowest BCUT2D eigenvalue weighted by atomic mass is 10.0. The third kappa shape index (κ3) is 5.79. The van der Waals surface area contributed by atoms with Gasteiger partial charge in [0.15, 0.2) is 11.6 Å². The van der Waals surface area contributed by atoms with Gasteiger partial charge in [0, 0.05) is 12.6 Å². The lowest BCUT2D eigenvalue weighted by Gasteiger charge is -2.18. The minimum Gasteiger partial charge on any atom is -0.432 e. The zero-order chi connectivity index (χ0) is 15.1. The fourth-order valence-corrected chi connectivity index (χ4v) is 1.90. The van der Waals surface area contributed by atoms with Gasteiger partial charge in [0.1, 0.15) is 0 Å². The van der Waals surface area contributed by atoms with Crippen LogP contribution in [0.4, 0.5) is 13.2 Å². The molecule has 0 aliphatic heterocycles. The fraction of sp³-hybridized carbons (Fsp3) is 0.571. The van der Waals surface area contributed by atoms with Crippen molar-refractivity contribution < 1.29 is 23.0 Å². The van der Waals surface area contributed by atoms with E-state index in [1.54, 1.807) is 0 Å². The average Bonchev–Trinajstić information content (AvgIpc) is 2.36. The SMILES string of the molecule is CC(C)CC(CO)NCc1ccc(OC(F)F)c(F)c1. The van der Waals surface area contributed by atoms with E-state index in [4.69, 9.17) is 0 Å². The van der Waals surface area contributed by atoms with Gasteiger partial charge in [-0.25, -0.2) is 4.39 Å². The van der Waals surface area contributed by atoms with E-state index in [9.17, 15) is 18.3 Å². The molecular formula is C14H20F3NO2. The van der Waals surface area contributed by atoms with E-state index < -0.39 is 18.2 Å². The van der Waals surface area contributed by atoms with Crippen LogP contribution in [-0.2, 0) is 6.54 Å². The number of hydrogen-bond donors (Lipinski definition) is 2. The Morgan fingerprint density at radius 3 is 2.50 bits per heavy atom. The first-order chi connectivity index (χ1) is 9.42. The van der Waals surface area contributed by atoms with Crippen molar-refractivity contribution in [1.29, 1.82) is 0 Å². The molecule has 0 saturated carbocycles. The normalized spacial score (nSPS) is 13.0. The van der Waals surface area contributed by atoms with Gasteiger partial charge >= 0.3 is 6.61 Å². The summed E-state index contributed by atoms with van der Waals surface area (Å²) in [6.45, 7) is 1.39. The number of hydrogen-bond acceptors (Lipinski definition) is 3. The van der Waals surface area contributed by atoms with E-state index in [0.717, 1.165) is 12.5 Å². The number of aliphatic hydroxyl groups excluding tert-OH is 1. The molecule has 2 N–H and O–H groups in total. The molecule has 1 aromatic carbocycles. The molecule has 0 saturated heterocycles. The van der Waals surface area contributed by atoms with Crippen molar-refractivity contribution >= 4 is 0 Å². The first kappa shape index (κ1) is 16.8. The smallest absolute Gasteiger partial charge is 0.387 e. The van der Waals surface area contributed by atoms with E-state index in [-0.39, 0.29) is 12.6 Å². The van der Waals surface area contributed by atoms with Crippen molar-refractivity contribution in [2.75, 3.05) is 6.61 Å². The van der Waals surface area contributed by atoms with Gasteiger partial charge in [-0.3, -0.25) is 0 Å². The highest BCUT2D eigenvalue weighted by Crippen LogP contribution is 2.20. The summed E-state index contributed by atoms with van der Waals surface area (Å²) >= 11 is 0. The molecule has 20 heavy (non-hydrogen) atoms. The Bertz CT molecular complexity index is 413. The topological polar surface area (TPSA) is 41.5 Å². The van der Waals surface area contributed by atoms with Gasteiger partial charge in [0.2, 0.25) is 0 Å². The number of aliphatic hydroxyl groups is 1. The molecule has 0 amide bonds. The molecule has 0 aromatic heterocycles. The molecule has 0 heterocycles. The zero-order valence-electron chi connectivity index (χ0n) is 11.6. The Morgan fingerprint density at radius 2 is 2.00 bits per heavy atom. The minimum absolute atomic E-state index is 0.00671. The number of ether oxygens (including phenoxy) is 1. The molecule has 0 aliphatic rings. The molecular weight excluding hydrogens is 271 g/mol. The second-order valence-corrected chi connectivity index (χ2v) is 5.03. The monoisotopic (exact) mass is 291 g/mol. The largest absolute Gasteiger partial charge is 0.432 e. The van der Waals surface area contributed by atoms with Gasteiger partial charge in [-0.1, -0.05) is 19.9 Å². The molecule has 114 valence electrons. The van der Waals surface area contributed by atoms with Crippen LogP contribution in [0.15, 0.2) is 18.2 Å². The Kier molecular flexibility index (Phi) is 6.81. The summed E-state index contributed by atoms with van der Waals surface area (Å²) in [5, 5.41) is 12.3. The highest BCUT2D eigenvalue weighted by atomic mass is 19.3. The van der Waals surface area contributed by atoms with E-state index in [1.807, 2.05) is 13.8 Å². The summed E-state index contributed by atoms with van der Waals surface area (Å²) in [5.74, 6) is -0.864. The van der Waals surface area contributed by atoms with E-state index in [0.29, 0.717) is 18.0 Å². The van der Waals surface area contributed by atoms with Gasteiger partial charge in [0.25, 0.3) is 0 Å². The highest BCUT2D eigenvalue weighted by molar-refractivity contribution is 5.29. The second kappa shape index (κ2) is 8.11. The summed E-state index contributed by atoms with van der Waals surface area (Å²) in [4.78, 5) is 0.